The summed E-state index contributed by atoms with van der Waals surface area (Å²) in [5, 5.41) is 15.1. The number of hydrogen-bond donors (Lipinski definition) is 1. The second-order valence-corrected chi connectivity index (χ2v) is 6.22. The number of piperidine rings is 1. The lowest BCUT2D eigenvalue weighted by molar-refractivity contribution is 0.166. The molecule has 2 amide bonds. The number of aromatic nitrogens is 2. The van der Waals surface area contributed by atoms with Crippen LogP contribution < -0.4 is 5.32 Å². The fraction of sp³-hybridized carbons (Fsp3) is 0.533. The fourth-order valence-electron chi connectivity index (χ4n) is 2.60. The minimum Gasteiger partial charge on any atom is -0.420 e. The van der Waals surface area contributed by atoms with Crippen LogP contribution in [0.3, 0.4) is 0 Å². The molecule has 0 radical (unpaired) electrons. The van der Waals surface area contributed by atoms with Crippen molar-refractivity contribution in [2.24, 2.45) is 0 Å². The minimum atomic E-state index is -0.0370. The summed E-state index contributed by atoms with van der Waals surface area (Å²) in [6.45, 7) is 2.44. The molecule has 23 heavy (non-hydrogen) atoms. The van der Waals surface area contributed by atoms with Crippen LogP contribution in [0.4, 0.5) is 4.79 Å². The summed E-state index contributed by atoms with van der Waals surface area (Å²) in [6.07, 6.45) is 1.67. The number of rotatable bonds is 5. The first-order valence-corrected chi connectivity index (χ1v) is 8.60. The Hall–Kier alpha value is -1.93. The number of carbonyl (C=O) groups is 1. The number of nitrogens with zero attached hydrogens (tertiary/aromatic N) is 3. The number of thiophene rings is 1. The third-order valence-corrected chi connectivity index (χ3v) is 4.61. The molecule has 2 aromatic rings. The molecule has 1 saturated heterocycles. The zero-order valence-electron chi connectivity index (χ0n) is 13.0. The van der Waals surface area contributed by atoms with Crippen molar-refractivity contribution in [1.29, 1.82) is 0 Å². The van der Waals surface area contributed by atoms with E-state index in [1.165, 1.54) is 0 Å². The highest BCUT2D eigenvalue weighted by Crippen LogP contribution is 2.29. The maximum atomic E-state index is 12.0. The molecule has 3 rings (SSSR count). The quantitative estimate of drug-likeness (QED) is 0.848. The molecule has 1 aliphatic rings. The molecule has 0 unspecified atom stereocenters. The highest BCUT2D eigenvalue weighted by molar-refractivity contribution is 7.08. The van der Waals surface area contributed by atoms with Gasteiger partial charge in [0.1, 0.15) is 0 Å². The van der Waals surface area contributed by atoms with Crippen molar-refractivity contribution >= 4 is 17.4 Å². The monoisotopic (exact) mass is 336 g/mol. The van der Waals surface area contributed by atoms with E-state index in [9.17, 15) is 4.79 Å². The van der Waals surface area contributed by atoms with E-state index in [0.717, 1.165) is 18.4 Å². The van der Waals surface area contributed by atoms with Crippen molar-refractivity contribution in [3.8, 4) is 11.5 Å². The van der Waals surface area contributed by atoms with Crippen LogP contribution in [0, 0.1) is 0 Å². The number of methoxy groups -OCH3 is 1. The molecule has 1 fully saturated rings. The third-order valence-electron chi connectivity index (χ3n) is 3.92. The highest BCUT2D eigenvalue weighted by atomic mass is 32.1. The standard InChI is InChI=1S/C15H20N4O3S/c1-21-8-5-16-15(20)19-6-2-11(3-7-19)13-17-18-14(22-13)12-4-9-23-10-12/h4,9-11H,2-3,5-8H2,1H3,(H,16,20). The maximum Gasteiger partial charge on any atom is 0.317 e. The van der Waals surface area contributed by atoms with Crippen LogP contribution in [0.15, 0.2) is 21.2 Å². The predicted molar refractivity (Wildman–Crippen MR) is 86.4 cm³/mol. The molecule has 0 spiro atoms. The van der Waals surface area contributed by atoms with Crippen molar-refractivity contribution in [2.45, 2.75) is 18.8 Å². The molecule has 0 bridgehead atoms. The maximum absolute atomic E-state index is 12.0. The zero-order chi connectivity index (χ0) is 16.1. The first-order valence-electron chi connectivity index (χ1n) is 7.65. The van der Waals surface area contributed by atoms with Gasteiger partial charge < -0.3 is 19.4 Å². The Morgan fingerprint density at radius 1 is 1.48 bits per heavy atom. The van der Waals surface area contributed by atoms with Gasteiger partial charge in [-0.2, -0.15) is 11.3 Å². The molecule has 2 aromatic heterocycles. The molecule has 3 heterocycles. The number of urea groups is 1. The second kappa shape index (κ2) is 7.56. The summed E-state index contributed by atoms with van der Waals surface area (Å²) in [5.41, 5.74) is 0.962. The zero-order valence-corrected chi connectivity index (χ0v) is 13.8. The van der Waals surface area contributed by atoms with Gasteiger partial charge in [-0.15, -0.1) is 10.2 Å². The van der Waals surface area contributed by atoms with E-state index >= 15 is 0 Å². The van der Waals surface area contributed by atoms with Crippen molar-refractivity contribution in [2.75, 3.05) is 33.4 Å². The minimum absolute atomic E-state index is 0.0370. The lowest BCUT2D eigenvalue weighted by Crippen LogP contribution is -2.44. The van der Waals surface area contributed by atoms with Crippen LogP contribution in [0.5, 0.6) is 0 Å². The Labute approximate surface area is 138 Å². The lowest BCUT2D eigenvalue weighted by atomic mass is 9.97. The topological polar surface area (TPSA) is 80.5 Å². The Morgan fingerprint density at radius 2 is 2.30 bits per heavy atom. The first kappa shape index (κ1) is 15.9. The number of likely N-dealkylation sites (tertiary alicyclic amines) is 1. The summed E-state index contributed by atoms with van der Waals surface area (Å²) in [5.74, 6) is 1.46. The van der Waals surface area contributed by atoms with Crippen LogP contribution in [0.2, 0.25) is 0 Å². The van der Waals surface area contributed by atoms with E-state index in [1.807, 2.05) is 21.7 Å². The van der Waals surface area contributed by atoms with E-state index in [1.54, 1.807) is 18.4 Å². The van der Waals surface area contributed by atoms with Crippen molar-refractivity contribution in [1.82, 2.24) is 20.4 Å². The number of hydrogen-bond acceptors (Lipinski definition) is 6. The number of ether oxygens (including phenoxy) is 1. The van der Waals surface area contributed by atoms with Crippen LogP contribution in [-0.4, -0.2) is 54.5 Å². The summed E-state index contributed by atoms with van der Waals surface area (Å²) in [6, 6.07) is 1.93. The normalized spacial score (nSPS) is 15.8. The smallest absolute Gasteiger partial charge is 0.317 e. The van der Waals surface area contributed by atoms with E-state index in [2.05, 4.69) is 15.5 Å². The number of nitrogens with one attached hydrogen (secondary N) is 1. The molecule has 124 valence electrons. The molecule has 0 aromatic carbocycles. The Bertz CT molecular complexity index is 620. The van der Waals surface area contributed by atoms with Crippen molar-refractivity contribution in [3.05, 3.63) is 22.7 Å². The third kappa shape index (κ3) is 3.89. The Morgan fingerprint density at radius 3 is 3.00 bits per heavy atom. The SMILES string of the molecule is COCCNC(=O)N1CCC(c2nnc(-c3ccsc3)o2)CC1. The van der Waals surface area contributed by atoms with Gasteiger partial charge in [0.05, 0.1) is 6.61 Å². The molecule has 1 N–H and O–H groups in total. The average Bonchev–Trinajstić information content (AvgIpc) is 3.26. The van der Waals surface area contributed by atoms with Gasteiger partial charge in [-0.1, -0.05) is 0 Å². The van der Waals surface area contributed by atoms with Gasteiger partial charge in [0.25, 0.3) is 0 Å². The molecule has 1 aliphatic heterocycles. The molecular weight excluding hydrogens is 316 g/mol. The number of carbonyl (C=O) groups excluding carboxylic acids is 1. The van der Waals surface area contributed by atoms with E-state index < -0.39 is 0 Å². The number of amides is 2. The summed E-state index contributed by atoms with van der Waals surface area (Å²) >= 11 is 1.60. The van der Waals surface area contributed by atoms with E-state index in [-0.39, 0.29) is 11.9 Å². The Balaban J connectivity index is 1.52. The largest absolute Gasteiger partial charge is 0.420 e. The molecule has 7 nitrogen and oxygen atoms in total. The lowest BCUT2D eigenvalue weighted by Gasteiger charge is -2.30. The molecule has 0 aliphatic carbocycles. The molecule has 8 heteroatoms. The van der Waals surface area contributed by atoms with E-state index in [0.29, 0.717) is 38.0 Å². The average molecular weight is 336 g/mol. The van der Waals surface area contributed by atoms with Gasteiger partial charge in [0, 0.05) is 43.6 Å². The van der Waals surface area contributed by atoms with Gasteiger partial charge in [-0.25, -0.2) is 4.79 Å². The first-order chi connectivity index (χ1) is 11.3. The van der Waals surface area contributed by atoms with Gasteiger partial charge in [-0.3, -0.25) is 0 Å². The van der Waals surface area contributed by atoms with Crippen LogP contribution >= 0.6 is 11.3 Å². The van der Waals surface area contributed by atoms with Crippen LogP contribution in [-0.2, 0) is 4.74 Å². The van der Waals surface area contributed by atoms with E-state index in [4.69, 9.17) is 9.15 Å². The summed E-state index contributed by atoms with van der Waals surface area (Å²) in [4.78, 5) is 13.8. The summed E-state index contributed by atoms with van der Waals surface area (Å²) in [7, 11) is 1.62. The van der Waals surface area contributed by atoms with Crippen molar-refractivity contribution in [3.63, 3.8) is 0 Å². The Kier molecular flexibility index (Phi) is 5.24. The van der Waals surface area contributed by atoms with Crippen LogP contribution in [0.25, 0.3) is 11.5 Å². The van der Waals surface area contributed by atoms with Gasteiger partial charge >= 0.3 is 6.03 Å². The highest BCUT2D eigenvalue weighted by Gasteiger charge is 2.27. The van der Waals surface area contributed by atoms with Gasteiger partial charge in [0.2, 0.25) is 11.8 Å². The molecule has 0 atom stereocenters. The second-order valence-electron chi connectivity index (χ2n) is 5.44. The predicted octanol–water partition coefficient (Wildman–Crippen LogP) is 2.33. The summed E-state index contributed by atoms with van der Waals surface area (Å²) < 4.78 is 10.7. The fourth-order valence-corrected chi connectivity index (χ4v) is 3.23. The molecular formula is C15H20N4O3S. The van der Waals surface area contributed by atoms with Crippen LogP contribution in [0.1, 0.15) is 24.7 Å². The van der Waals surface area contributed by atoms with Gasteiger partial charge in [-0.05, 0) is 24.3 Å². The van der Waals surface area contributed by atoms with Crippen molar-refractivity contribution < 1.29 is 13.9 Å². The molecule has 0 saturated carbocycles. The van der Waals surface area contributed by atoms with Gasteiger partial charge in [0.15, 0.2) is 0 Å².